The lowest BCUT2D eigenvalue weighted by Gasteiger charge is -2.13. The van der Waals surface area contributed by atoms with E-state index in [1.54, 1.807) is 24.4 Å². The third-order valence-electron chi connectivity index (χ3n) is 3.61. The van der Waals surface area contributed by atoms with Crippen LogP contribution in [0, 0.1) is 6.92 Å². The van der Waals surface area contributed by atoms with Crippen molar-refractivity contribution in [1.82, 2.24) is 13.9 Å². The van der Waals surface area contributed by atoms with Crippen molar-refractivity contribution in [3.63, 3.8) is 0 Å². The lowest BCUT2D eigenvalue weighted by atomic mass is 10.1. The summed E-state index contributed by atoms with van der Waals surface area (Å²) in [6.45, 7) is 1.93. The molecule has 25 heavy (non-hydrogen) atoms. The molecular weight excluding hydrogens is 353 g/mol. The lowest BCUT2D eigenvalue weighted by molar-refractivity contribution is -0.138. The highest BCUT2D eigenvalue weighted by Crippen LogP contribution is 2.27. The molecule has 3 rings (SSSR count). The van der Waals surface area contributed by atoms with E-state index in [4.69, 9.17) is 5.73 Å². The van der Waals surface area contributed by atoms with E-state index in [1.807, 2.05) is 19.1 Å². The third kappa shape index (κ3) is 3.88. The summed E-state index contributed by atoms with van der Waals surface area (Å²) < 4.78 is 51.5. The van der Waals surface area contributed by atoms with Crippen molar-refractivity contribution in [1.29, 1.82) is 0 Å². The molecule has 1 aromatic carbocycles. The van der Waals surface area contributed by atoms with Crippen molar-refractivity contribution in [2.24, 2.45) is 5.73 Å². The smallest absolute Gasteiger partial charge is 0.322 e. The van der Waals surface area contributed by atoms with Crippen LogP contribution in [0.5, 0.6) is 0 Å². The second kappa shape index (κ2) is 6.57. The topological polar surface area (TPSA) is 73.8 Å². The van der Waals surface area contributed by atoms with Crippen LogP contribution in [-0.4, -0.2) is 24.3 Å². The van der Waals surface area contributed by atoms with Crippen LogP contribution in [0.4, 0.5) is 13.2 Å². The van der Waals surface area contributed by atoms with Gasteiger partial charge in [0.05, 0.1) is 29.2 Å². The Bertz CT molecular complexity index is 921. The van der Waals surface area contributed by atoms with E-state index < -0.39 is 29.6 Å². The predicted molar refractivity (Wildman–Crippen MR) is 88.1 cm³/mol. The maximum Gasteiger partial charge on any atom is 0.390 e. The van der Waals surface area contributed by atoms with Crippen molar-refractivity contribution in [2.75, 3.05) is 0 Å². The van der Waals surface area contributed by atoms with Crippen molar-refractivity contribution < 1.29 is 17.4 Å². The molecule has 0 spiro atoms. The normalized spacial score (nSPS) is 14.6. The molecule has 2 unspecified atom stereocenters. The maximum atomic E-state index is 12.7. The number of nitrogens with two attached hydrogens (primary N) is 1. The predicted octanol–water partition coefficient (Wildman–Crippen LogP) is 3.26. The monoisotopic (exact) mass is 368 g/mol. The second-order valence-corrected chi connectivity index (χ2v) is 7.00. The van der Waals surface area contributed by atoms with Gasteiger partial charge in [0.15, 0.2) is 16.6 Å². The van der Waals surface area contributed by atoms with Gasteiger partial charge in [-0.2, -0.15) is 13.2 Å². The van der Waals surface area contributed by atoms with Crippen LogP contribution < -0.4 is 5.73 Å². The molecule has 132 valence electrons. The number of benzene rings is 1. The van der Waals surface area contributed by atoms with Gasteiger partial charge in [-0.3, -0.25) is 0 Å². The standard InChI is InChI=1S/C16H15F3N4OS/c1-10-2-4-11(5-3-10)25(24)23-7-6-13-15(23)21-9-14(22-13)12(20)8-16(17,18)19/h2-7,9,12H,8,20H2,1H3. The first-order valence-corrected chi connectivity index (χ1v) is 8.50. The summed E-state index contributed by atoms with van der Waals surface area (Å²) in [5.74, 6) is 0. The van der Waals surface area contributed by atoms with E-state index in [0.29, 0.717) is 16.1 Å². The van der Waals surface area contributed by atoms with Gasteiger partial charge in [-0.1, -0.05) is 17.7 Å². The summed E-state index contributed by atoms with van der Waals surface area (Å²) in [6, 6.07) is 7.45. The minimum absolute atomic E-state index is 0.0451. The number of aromatic nitrogens is 3. The molecule has 0 saturated carbocycles. The van der Waals surface area contributed by atoms with Crippen LogP contribution >= 0.6 is 0 Å². The number of aryl methyl sites for hydroxylation is 1. The molecule has 9 heteroatoms. The first-order valence-electron chi connectivity index (χ1n) is 7.40. The second-order valence-electron chi connectivity index (χ2n) is 5.63. The van der Waals surface area contributed by atoms with E-state index in [1.165, 1.54) is 10.2 Å². The van der Waals surface area contributed by atoms with E-state index in [0.717, 1.165) is 5.56 Å². The summed E-state index contributed by atoms with van der Waals surface area (Å²) >= 11 is 0. The van der Waals surface area contributed by atoms with Crippen LogP contribution in [0.15, 0.2) is 47.6 Å². The highest BCUT2D eigenvalue weighted by atomic mass is 32.2. The van der Waals surface area contributed by atoms with Gasteiger partial charge < -0.3 is 5.73 Å². The number of hydrogen-bond donors (Lipinski definition) is 1. The largest absolute Gasteiger partial charge is 0.390 e. The molecule has 0 amide bonds. The summed E-state index contributed by atoms with van der Waals surface area (Å²) in [5, 5.41) is 0. The van der Waals surface area contributed by atoms with Gasteiger partial charge in [-0.25, -0.2) is 18.1 Å². The Labute approximate surface area is 144 Å². The van der Waals surface area contributed by atoms with E-state index in [2.05, 4.69) is 9.97 Å². The van der Waals surface area contributed by atoms with Gasteiger partial charge in [-0.05, 0) is 25.1 Å². The SMILES string of the molecule is Cc1ccc(S(=O)n2ccc3nc(C(N)CC(F)(F)F)cnc32)cc1. The molecule has 0 fully saturated rings. The van der Waals surface area contributed by atoms with Crippen LogP contribution in [-0.2, 0) is 11.0 Å². The number of fused-ring (bicyclic) bond motifs is 1. The molecule has 2 atom stereocenters. The van der Waals surface area contributed by atoms with Gasteiger partial charge in [0.25, 0.3) is 0 Å². The van der Waals surface area contributed by atoms with Crippen molar-refractivity contribution >= 4 is 22.1 Å². The molecule has 3 aromatic rings. The molecule has 0 aliphatic heterocycles. The number of alkyl halides is 3. The molecule has 0 aliphatic rings. The minimum atomic E-state index is -4.38. The number of nitrogens with zero attached hydrogens (tertiary/aromatic N) is 3. The Hall–Kier alpha value is -2.26. The average molecular weight is 368 g/mol. The number of rotatable bonds is 4. The molecule has 2 N–H and O–H groups in total. The summed E-state index contributed by atoms with van der Waals surface area (Å²) in [4.78, 5) is 8.83. The molecule has 0 radical (unpaired) electrons. The van der Waals surface area contributed by atoms with E-state index in [-0.39, 0.29) is 5.69 Å². The minimum Gasteiger partial charge on any atom is -0.322 e. The van der Waals surface area contributed by atoms with E-state index >= 15 is 0 Å². The van der Waals surface area contributed by atoms with Crippen molar-refractivity contribution in [3.8, 4) is 0 Å². The van der Waals surface area contributed by atoms with Crippen LogP contribution in [0.2, 0.25) is 0 Å². The Morgan fingerprint density at radius 1 is 1.24 bits per heavy atom. The summed E-state index contributed by atoms with van der Waals surface area (Å²) in [6.07, 6.45) is -2.82. The van der Waals surface area contributed by atoms with Crippen molar-refractivity contribution in [3.05, 3.63) is 54.0 Å². The van der Waals surface area contributed by atoms with E-state index in [9.17, 15) is 17.4 Å². The first-order chi connectivity index (χ1) is 11.7. The van der Waals surface area contributed by atoms with Crippen LogP contribution in [0.1, 0.15) is 23.7 Å². The number of halogens is 3. The van der Waals surface area contributed by atoms with Gasteiger partial charge in [0.1, 0.15) is 5.52 Å². The third-order valence-corrected chi connectivity index (χ3v) is 4.93. The molecule has 0 aliphatic carbocycles. The Morgan fingerprint density at radius 3 is 2.56 bits per heavy atom. The van der Waals surface area contributed by atoms with Crippen LogP contribution in [0.25, 0.3) is 11.2 Å². The molecular formula is C16H15F3N4OS. The molecule has 0 bridgehead atoms. The van der Waals surface area contributed by atoms with Gasteiger partial charge in [0, 0.05) is 6.20 Å². The quantitative estimate of drug-likeness (QED) is 0.767. The molecule has 2 heterocycles. The zero-order chi connectivity index (χ0) is 18.2. The summed E-state index contributed by atoms with van der Waals surface area (Å²) in [5.41, 5.74) is 7.31. The Morgan fingerprint density at radius 2 is 1.92 bits per heavy atom. The highest BCUT2D eigenvalue weighted by molar-refractivity contribution is 7.83. The average Bonchev–Trinajstić information content (AvgIpc) is 2.96. The summed E-state index contributed by atoms with van der Waals surface area (Å²) in [7, 11) is -1.53. The molecule has 5 nitrogen and oxygen atoms in total. The van der Waals surface area contributed by atoms with Gasteiger partial charge in [0.2, 0.25) is 0 Å². The first kappa shape index (κ1) is 17.6. The lowest BCUT2D eigenvalue weighted by Crippen LogP contribution is -2.21. The fourth-order valence-electron chi connectivity index (χ4n) is 2.34. The van der Waals surface area contributed by atoms with Gasteiger partial charge >= 0.3 is 6.18 Å². The molecule has 2 aromatic heterocycles. The van der Waals surface area contributed by atoms with Gasteiger partial charge in [-0.15, -0.1) is 0 Å². The fraction of sp³-hybridized carbons (Fsp3) is 0.250. The highest BCUT2D eigenvalue weighted by Gasteiger charge is 2.31. The Kier molecular flexibility index (Phi) is 4.61. The van der Waals surface area contributed by atoms with Crippen LogP contribution in [0.3, 0.4) is 0 Å². The fourth-order valence-corrected chi connectivity index (χ4v) is 3.40. The zero-order valence-electron chi connectivity index (χ0n) is 13.2. The molecule has 0 saturated heterocycles. The Balaban J connectivity index is 1.92. The zero-order valence-corrected chi connectivity index (χ0v) is 14.0. The number of hydrogen-bond acceptors (Lipinski definition) is 4. The maximum absolute atomic E-state index is 12.7. The van der Waals surface area contributed by atoms with Crippen molar-refractivity contribution in [2.45, 2.75) is 30.5 Å².